The third-order valence-corrected chi connectivity index (χ3v) is 4.50. The molecule has 2 rings (SSSR count). The maximum atomic E-state index is 13.1. The van der Waals surface area contributed by atoms with Gasteiger partial charge in [0.1, 0.15) is 0 Å². The zero-order chi connectivity index (χ0) is 19.5. The third kappa shape index (κ3) is 4.49. The number of hydrogen-bond acceptors (Lipinski definition) is 4. The Morgan fingerprint density at radius 3 is 2.69 bits per heavy atom. The van der Waals surface area contributed by atoms with Gasteiger partial charge < -0.3 is 15.6 Å². The van der Waals surface area contributed by atoms with E-state index in [-0.39, 0.29) is 5.91 Å². The summed E-state index contributed by atoms with van der Waals surface area (Å²) in [5.41, 5.74) is 6.61. The normalized spacial score (nSPS) is 17.8. The fraction of sp³-hybridized carbons (Fsp3) is 0.500. The fourth-order valence-electron chi connectivity index (χ4n) is 3.13. The molecule has 0 radical (unpaired) electrons. The van der Waals surface area contributed by atoms with Crippen LogP contribution in [0.5, 0.6) is 0 Å². The smallest absolute Gasteiger partial charge is 0.401 e. The van der Waals surface area contributed by atoms with Crippen LogP contribution in [0.2, 0.25) is 0 Å². The Bertz CT molecular complexity index is 688. The van der Waals surface area contributed by atoms with Crippen molar-refractivity contribution in [1.82, 2.24) is 5.01 Å². The van der Waals surface area contributed by atoms with E-state index in [9.17, 15) is 18.0 Å². The molecule has 1 aromatic rings. The maximum Gasteiger partial charge on any atom is 0.416 e. The molecule has 0 bridgehead atoms. The van der Waals surface area contributed by atoms with E-state index < -0.39 is 17.8 Å². The van der Waals surface area contributed by atoms with E-state index in [1.807, 2.05) is 6.92 Å². The molecule has 144 valence electrons. The third-order valence-electron chi connectivity index (χ3n) is 4.50. The average molecular weight is 370 g/mol. The molecule has 0 spiro atoms. The number of anilines is 1. The molecule has 1 aliphatic heterocycles. The Hall–Kier alpha value is -2.22. The van der Waals surface area contributed by atoms with Gasteiger partial charge in [0.2, 0.25) is 5.91 Å². The van der Waals surface area contributed by atoms with Crippen LogP contribution in [0.3, 0.4) is 0 Å². The SMILES string of the molecule is CCCC/C(N)=C/N(N)C1CCN(C(C)=O)c2ccc(C(F)(F)F)cc21. The van der Waals surface area contributed by atoms with Gasteiger partial charge in [0.15, 0.2) is 0 Å². The highest BCUT2D eigenvalue weighted by atomic mass is 19.4. The number of carbonyl (C=O) groups excluding carboxylic acids is 1. The van der Waals surface area contributed by atoms with Gasteiger partial charge in [-0.1, -0.05) is 13.3 Å². The van der Waals surface area contributed by atoms with Gasteiger partial charge in [0.05, 0.1) is 11.6 Å². The Kier molecular flexibility index (Phi) is 6.17. The molecule has 0 aliphatic carbocycles. The van der Waals surface area contributed by atoms with Crippen LogP contribution in [-0.2, 0) is 11.0 Å². The zero-order valence-corrected chi connectivity index (χ0v) is 15.0. The van der Waals surface area contributed by atoms with E-state index in [2.05, 4.69) is 0 Å². The van der Waals surface area contributed by atoms with Crippen molar-refractivity contribution >= 4 is 11.6 Å². The van der Waals surface area contributed by atoms with Gasteiger partial charge in [-0.25, -0.2) is 5.84 Å². The van der Waals surface area contributed by atoms with Crippen molar-refractivity contribution in [2.24, 2.45) is 11.6 Å². The first kappa shape index (κ1) is 20.1. The van der Waals surface area contributed by atoms with Gasteiger partial charge in [-0.05, 0) is 37.5 Å². The zero-order valence-electron chi connectivity index (χ0n) is 15.0. The number of unbranched alkanes of at least 4 members (excludes halogenated alkanes) is 1. The highest BCUT2D eigenvalue weighted by Gasteiger charge is 2.35. The summed E-state index contributed by atoms with van der Waals surface area (Å²) < 4.78 is 39.4. The molecule has 0 saturated carbocycles. The van der Waals surface area contributed by atoms with Gasteiger partial charge in [0, 0.05) is 36.6 Å². The van der Waals surface area contributed by atoms with E-state index in [1.54, 1.807) is 6.20 Å². The first-order valence-electron chi connectivity index (χ1n) is 8.63. The molecular formula is C18H25F3N4O. The Labute approximate surface area is 151 Å². The number of nitrogens with two attached hydrogens (primary N) is 2. The van der Waals surface area contributed by atoms with E-state index in [4.69, 9.17) is 11.6 Å². The lowest BCUT2D eigenvalue weighted by atomic mass is 9.93. The summed E-state index contributed by atoms with van der Waals surface area (Å²) in [7, 11) is 0. The Balaban J connectivity index is 2.41. The summed E-state index contributed by atoms with van der Waals surface area (Å²) in [6.07, 6.45) is 0.0941. The molecule has 1 aromatic carbocycles. The molecular weight excluding hydrogens is 345 g/mol. The molecule has 8 heteroatoms. The largest absolute Gasteiger partial charge is 0.416 e. The van der Waals surface area contributed by atoms with E-state index in [0.717, 1.165) is 25.0 Å². The van der Waals surface area contributed by atoms with Crippen LogP contribution in [0.1, 0.15) is 56.7 Å². The first-order valence-corrected chi connectivity index (χ1v) is 8.63. The summed E-state index contributed by atoms with van der Waals surface area (Å²) >= 11 is 0. The highest BCUT2D eigenvalue weighted by Crippen LogP contribution is 2.40. The van der Waals surface area contributed by atoms with E-state index in [1.165, 1.54) is 22.9 Å². The van der Waals surface area contributed by atoms with Crippen molar-refractivity contribution in [2.45, 2.75) is 51.7 Å². The number of amides is 1. The molecule has 0 saturated heterocycles. The second-order valence-electron chi connectivity index (χ2n) is 6.50. The van der Waals surface area contributed by atoms with Crippen molar-refractivity contribution < 1.29 is 18.0 Å². The number of halogens is 3. The monoisotopic (exact) mass is 370 g/mol. The van der Waals surface area contributed by atoms with Crippen molar-refractivity contribution in [3.8, 4) is 0 Å². The van der Waals surface area contributed by atoms with Crippen molar-refractivity contribution in [2.75, 3.05) is 11.4 Å². The maximum absolute atomic E-state index is 13.1. The number of hydrazine groups is 1. The number of rotatable bonds is 5. The molecule has 1 unspecified atom stereocenters. The predicted octanol–water partition coefficient (Wildman–Crippen LogP) is 3.67. The molecule has 1 aliphatic rings. The van der Waals surface area contributed by atoms with Crippen LogP contribution in [-0.4, -0.2) is 17.5 Å². The lowest BCUT2D eigenvalue weighted by Crippen LogP contribution is -2.41. The molecule has 26 heavy (non-hydrogen) atoms. The molecule has 1 amide bonds. The van der Waals surface area contributed by atoms with Crippen LogP contribution in [0.25, 0.3) is 0 Å². The molecule has 1 atom stereocenters. The minimum absolute atomic E-state index is 0.217. The minimum atomic E-state index is -4.46. The van der Waals surface area contributed by atoms with Crippen molar-refractivity contribution in [1.29, 1.82) is 0 Å². The van der Waals surface area contributed by atoms with Crippen molar-refractivity contribution in [3.05, 3.63) is 41.2 Å². The van der Waals surface area contributed by atoms with Gasteiger partial charge in [-0.15, -0.1) is 0 Å². The number of hydrogen-bond donors (Lipinski definition) is 2. The van der Waals surface area contributed by atoms with Gasteiger partial charge in [0.25, 0.3) is 0 Å². The van der Waals surface area contributed by atoms with Crippen LogP contribution in [0.4, 0.5) is 18.9 Å². The second-order valence-corrected chi connectivity index (χ2v) is 6.50. The number of fused-ring (bicyclic) bond motifs is 1. The summed E-state index contributed by atoms with van der Waals surface area (Å²) in [6, 6.07) is 2.92. The first-order chi connectivity index (χ1) is 12.1. The standard InChI is InChI=1S/C18H25F3N4O/c1-3-4-5-14(22)11-25(23)17-8-9-24(12(2)26)16-7-6-13(10-15(16)17)18(19,20)21/h6-7,10-11,17H,3-5,8-9,22-23H2,1-2H3/b14-11-. The summed E-state index contributed by atoms with van der Waals surface area (Å²) in [5.74, 6) is 5.89. The molecule has 1 heterocycles. The van der Waals surface area contributed by atoms with Crippen LogP contribution in [0, 0.1) is 0 Å². The molecule has 5 nitrogen and oxygen atoms in total. The van der Waals surface area contributed by atoms with Gasteiger partial charge >= 0.3 is 6.18 Å². The number of alkyl halides is 3. The number of carbonyl (C=O) groups is 1. The summed E-state index contributed by atoms with van der Waals surface area (Å²) in [4.78, 5) is 13.3. The Morgan fingerprint density at radius 1 is 1.42 bits per heavy atom. The fourth-order valence-corrected chi connectivity index (χ4v) is 3.13. The lowest BCUT2D eigenvalue weighted by molar-refractivity contribution is -0.137. The number of benzene rings is 1. The second kappa shape index (κ2) is 7.99. The van der Waals surface area contributed by atoms with Crippen LogP contribution >= 0.6 is 0 Å². The topological polar surface area (TPSA) is 75.6 Å². The number of allylic oxidation sites excluding steroid dienone is 1. The molecule has 4 N–H and O–H groups in total. The van der Waals surface area contributed by atoms with E-state index in [0.29, 0.717) is 36.3 Å². The van der Waals surface area contributed by atoms with Gasteiger partial charge in [-0.3, -0.25) is 4.79 Å². The molecule has 0 aromatic heterocycles. The molecule has 0 fully saturated rings. The summed E-state index contributed by atoms with van der Waals surface area (Å²) in [6.45, 7) is 3.82. The van der Waals surface area contributed by atoms with Gasteiger partial charge in [-0.2, -0.15) is 13.2 Å². The van der Waals surface area contributed by atoms with E-state index >= 15 is 0 Å². The Morgan fingerprint density at radius 2 is 2.12 bits per heavy atom. The van der Waals surface area contributed by atoms with Crippen molar-refractivity contribution in [3.63, 3.8) is 0 Å². The lowest BCUT2D eigenvalue weighted by Gasteiger charge is -2.38. The van der Waals surface area contributed by atoms with Crippen LogP contribution in [0.15, 0.2) is 30.1 Å². The summed E-state index contributed by atoms with van der Waals surface area (Å²) in [5, 5.41) is 1.36. The predicted molar refractivity (Wildman–Crippen MR) is 94.7 cm³/mol. The minimum Gasteiger partial charge on any atom is -0.401 e. The number of nitrogens with zero attached hydrogens (tertiary/aromatic N) is 2. The average Bonchev–Trinajstić information content (AvgIpc) is 2.57. The van der Waals surface area contributed by atoms with Crippen LogP contribution < -0.4 is 16.5 Å². The quantitative estimate of drug-likeness (QED) is 0.613. The highest BCUT2D eigenvalue weighted by molar-refractivity contribution is 5.93.